The standard InChI is InChI=1S/C21H31N3O5S/c25-21(22-15-18-16-28-19-7-3-4-8-20(19)29-18)17-9-13-24(14-10-17)30(26,27)23-11-5-1-2-6-12-23/h3-4,7-8,17-18H,1-2,5-6,9-16H2,(H,22,25). The Bertz CT molecular complexity index is 831. The SMILES string of the molecule is O=C(NCC1COc2ccccc2O1)C1CCN(S(=O)(=O)N2CCCCCC2)CC1. The second kappa shape index (κ2) is 9.53. The lowest BCUT2D eigenvalue weighted by atomic mass is 9.97. The molecule has 0 aliphatic carbocycles. The van der Waals surface area contributed by atoms with Gasteiger partial charge < -0.3 is 14.8 Å². The zero-order valence-electron chi connectivity index (χ0n) is 17.3. The van der Waals surface area contributed by atoms with Crippen molar-refractivity contribution in [1.82, 2.24) is 13.9 Å². The summed E-state index contributed by atoms with van der Waals surface area (Å²) in [5.41, 5.74) is 0. The van der Waals surface area contributed by atoms with E-state index in [-0.39, 0.29) is 17.9 Å². The molecular formula is C21H31N3O5S. The molecule has 30 heavy (non-hydrogen) atoms. The van der Waals surface area contributed by atoms with Crippen LogP contribution in [0.15, 0.2) is 24.3 Å². The Kier molecular flexibility index (Phi) is 6.80. The summed E-state index contributed by atoms with van der Waals surface area (Å²) < 4.78 is 40.6. The van der Waals surface area contributed by atoms with Crippen LogP contribution in [0.4, 0.5) is 0 Å². The number of ether oxygens (including phenoxy) is 2. The van der Waals surface area contributed by atoms with E-state index in [0.717, 1.165) is 31.4 Å². The van der Waals surface area contributed by atoms with E-state index < -0.39 is 10.2 Å². The largest absolute Gasteiger partial charge is 0.486 e. The van der Waals surface area contributed by atoms with Crippen molar-refractivity contribution in [2.24, 2.45) is 5.92 Å². The van der Waals surface area contributed by atoms with Crippen LogP contribution >= 0.6 is 0 Å². The number of para-hydroxylation sites is 2. The van der Waals surface area contributed by atoms with Crippen molar-refractivity contribution >= 4 is 16.1 Å². The van der Waals surface area contributed by atoms with Crippen LogP contribution < -0.4 is 14.8 Å². The Labute approximate surface area is 178 Å². The van der Waals surface area contributed by atoms with Crippen molar-refractivity contribution in [2.45, 2.75) is 44.6 Å². The Balaban J connectivity index is 1.23. The van der Waals surface area contributed by atoms with Gasteiger partial charge in [-0.05, 0) is 37.8 Å². The monoisotopic (exact) mass is 437 g/mol. The molecule has 1 aromatic rings. The maximum Gasteiger partial charge on any atom is 0.281 e. The summed E-state index contributed by atoms with van der Waals surface area (Å²) in [6, 6.07) is 7.49. The first-order valence-electron chi connectivity index (χ1n) is 11.0. The van der Waals surface area contributed by atoms with Gasteiger partial charge in [0, 0.05) is 32.1 Å². The van der Waals surface area contributed by atoms with Gasteiger partial charge in [-0.15, -0.1) is 0 Å². The minimum Gasteiger partial charge on any atom is -0.486 e. The van der Waals surface area contributed by atoms with Gasteiger partial charge in [-0.1, -0.05) is 25.0 Å². The molecule has 4 rings (SSSR count). The molecule has 2 saturated heterocycles. The maximum atomic E-state index is 12.9. The number of carbonyl (C=O) groups excluding carboxylic acids is 1. The van der Waals surface area contributed by atoms with Gasteiger partial charge in [0.1, 0.15) is 12.7 Å². The molecule has 3 aliphatic heterocycles. The highest BCUT2D eigenvalue weighted by atomic mass is 32.2. The molecule has 0 spiro atoms. The van der Waals surface area contributed by atoms with Crippen LogP contribution in [0.2, 0.25) is 0 Å². The number of nitrogens with one attached hydrogen (secondary N) is 1. The van der Waals surface area contributed by atoms with Crippen LogP contribution in [0.3, 0.4) is 0 Å². The number of rotatable bonds is 5. The molecule has 1 atom stereocenters. The van der Waals surface area contributed by atoms with Gasteiger partial charge in [-0.3, -0.25) is 4.79 Å². The number of hydrogen-bond donors (Lipinski definition) is 1. The van der Waals surface area contributed by atoms with Gasteiger partial charge in [0.2, 0.25) is 5.91 Å². The second-order valence-electron chi connectivity index (χ2n) is 8.24. The van der Waals surface area contributed by atoms with E-state index >= 15 is 0 Å². The summed E-state index contributed by atoms with van der Waals surface area (Å²) in [5, 5.41) is 2.96. The van der Waals surface area contributed by atoms with Gasteiger partial charge in [0.25, 0.3) is 10.2 Å². The van der Waals surface area contributed by atoms with Crippen LogP contribution in [0.25, 0.3) is 0 Å². The predicted molar refractivity (Wildman–Crippen MR) is 113 cm³/mol. The van der Waals surface area contributed by atoms with Gasteiger partial charge in [-0.25, -0.2) is 0 Å². The van der Waals surface area contributed by atoms with Crippen LogP contribution in [0.5, 0.6) is 11.5 Å². The highest BCUT2D eigenvalue weighted by Gasteiger charge is 2.35. The van der Waals surface area contributed by atoms with Gasteiger partial charge in [0.15, 0.2) is 11.5 Å². The van der Waals surface area contributed by atoms with Gasteiger partial charge in [-0.2, -0.15) is 17.0 Å². The third-order valence-electron chi connectivity index (χ3n) is 6.11. The molecule has 0 bridgehead atoms. The third kappa shape index (κ3) is 4.90. The molecule has 9 heteroatoms. The average Bonchev–Trinajstić information content (AvgIpc) is 3.08. The van der Waals surface area contributed by atoms with Crippen molar-refractivity contribution < 1.29 is 22.7 Å². The van der Waals surface area contributed by atoms with Crippen LogP contribution in [-0.2, 0) is 15.0 Å². The molecule has 1 unspecified atom stereocenters. The van der Waals surface area contributed by atoms with Crippen molar-refractivity contribution in [3.8, 4) is 11.5 Å². The number of nitrogens with zero attached hydrogens (tertiary/aromatic N) is 2. The zero-order valence-corrected chi connectivity index (χ0v) is 18.1. The Morgan fingerprint density at radius 3 is 2.30 bits per heavy atom. The van der Waals surface area contributed by atoms with Crippen molar-refractivity contribution in [3.63, 3.8) is 0 Å². The van der Waals surface area contributed by atoms with E-state index in [9.17, 15) is 13.2 Å². The summed E-state index contributed by atoms with van der Waals surface area (Å²) in [6.07, 6.45) is 4.90. The van der Waals surface area contributed by atoms with Crippen molar-refractivity contribution in [1.29, 1.82) is 0 Å². The average molecular weight is 438 g/mol. The minimum atomic E-state index is -3.42. The number of amides is 1. The molecular weight excluding hydrogens is 406 g/mol. The first-order valence-corrected chi connectivity index (χ1v) is 12.3. The lowest BCUT2D eigenvalue weighted by Crippen LogP contribution is -2.50. The number of carbonyl (C=O) groups is 1. The zero-order chi connectivity index (χ0) is 21.0. The first-order chi connectivity index (χ1) is 14.5. The summed E-state index contributed by atoms with van der Waals surface area (Å²) in [4.78, 5) is 12.6. The maximum absolute atomic E-state index is 12.9. The number of piperidine rings is 1. The molecule has 1 N–H and O–H groups in total. The fourth-order valence-electron chi connectivity index (χ4n) is 4.31. The Morgan fingerprint density at radius 2 is 1.60 bits per heavy atom. The number of benzene rings is 1. The van der Waals surface area contributed by atoms with Crippen LogP contribution in [0, 0.1) is 5.92 Å². The summed E-state index contributed by atoms with van der Waals surface area (Å²) in [7, 11) is -3.42. The summed E-state index contributed by atoms with van der Waals surface area (Å²) in [5.74, 6) is 1.20. The van der Waals surface area contributed by atoms with Gasteiger partial charge >= 0.3 is 0 Å². The predicted octanol–water partition coefficient (Wildman–Crippen LogP) is 1.78. The molecule has 1 amide bonds. The Hall–Kier alpha value is -1.84. The minimum absolute atomic E-state index is 0.0377. The van der Waals surface area contributed by atoms with Gasteiger partial charge in [0.05, 0.1) is 6.54 Å². The molecule has 3 aliphatic rings. The van der Waals surface area contributed by atoms with E-state index in [1.807, 2.05) is 24.3 Å². The van der Waals surface area contributed by atoms with E-state index in [2.05, 4.69) is 5.32 Å². The van der Waals surface area contributed by atoms with Crippen LogP contribution in [0.1, 0.15) is 38.5 Å². The lowest BCUT2D eigenvalue weighted by molar-refractivity contribution is -0.126. The topological polar surface area (TPSA) is 88.2 Å². The fraction of sp³-hybridized carbons (Fsp3) is 0.667. The molecule has 8 nitrogen and oxygen atoms in total. The molecule has 0 saturated carbocycles. The lowest BCUT2D eigenvalue weighted by Gasteiger charge is -2.34. The van der Waals surface area contributed by atoms with Crippen molar-refractivity contribution in [2.75, 3.05) is 39.3 Å². The molecule has 166 valence electrons. The quantitative estimate of drug-likeness (QED) is 0.759. The molecule has 2 fully saturated rings. The Morgan fingerprint density at radius 1 is 0.967 bits per heavy atom. The molecule has 1 aromatic carbocycles. The normalized spacial score (nSPS) is 24.2. The van der Waals surface area contributed by atoms with Crippen LogP contribution in [-0.4, -0.2) is 68.4 Å². The number of fused-ring (bicyclic) bond motifs is 1. The highest BCUT2D eigenvalue weighted by molar-refractivity contribution is 7.86. The summed E-state index contributed by atoms with van der Waals surface area (Å²) >= 11 is 0. The van der Waals surface area contributed by atoms with E-state index in [0.29, 0.717) is 57.9 Å². The molecule has 0 radical (unpaired) electrons. The molecule has 3 heterocycles. The van der Waals surface area contributed by atoms with E-state index in [1.165, 1.54) is 0 Å². The summed E-state index contributed by atoms with van der Waals surface area (Å²) in [6.45, 7) is 2.77. The smallest absolute Gasteiger partial charge is 0.281 e. The fourth-order valence-corrected chi connectivity index (χ4v) is 6.03. The highest BCUT2D eigenvalue weighted by Crippen LogP contribution is 2.30. The first kappa shape index (κ1) is 21.4. The van der Waals surface area contributed by atoms with E-state index in [4.69, 9.17) is 9.47 Å². The molecule has 0 aromatic heterocycles. The third-order valence-corrected chi connectivity index (χ3v) is 8.15. The van der Waals surface area contributed by atoms with E-state index in [1.54, 1.807) is 8.61 Å². The number of hydrogen-bond acceptors (Lipinski definition) is 5. The second-order valence-corrected chi connectivity index (χ2v) is 10.2. The van der Waals surface area contributed by atoms with Crippen molar-refractivity contribution in [3.05, 3.63) is 24.3 Å².